The molecule has 2 atom stereocenters. The maximum Gasteiger partial charge on any atom is 0.225 e. The Morgan fingerprint density at radius 1 is 1.15 bits per heavy atom. The Balaban J connectivity index is 1.18. The van der Waals surface area contributed by atoms with Gasteiger partial charge in [0.05, 0.1) is 15.6 Å². The summed E-state index contributed by atoms with van der Waals surface area (Å²) in [5, 5.41) is 10.9. The minimum absolute atomic E-state index is 0.178. The van der Waals surface area contributed by atoms with Gasteiger partial charge in [0.1, 0.15) is 11.9 Å². The van der Waals surface area contributed by atoms with Gasteiger partial charge in [-0.3, -0.25) is 20.1 Å². The first-order valence-electron chi connectivity index (χ1n) is 13.9. The van der Waals surface area contributed by atoms with E-state index in [1.807, 2.05) is 19.1 Å². The highest BCUT2D eigenvalue weighted by atomic mass is 35.5. The zero-order valence-corrected chi connectivity index (χ0v) is 24.3. The molecule has 2 aromatic rings. The van der Waals surface area contributed by atoms with Crippen molar-refractivity contribution in [1.82, 2.24) is 20.1 Å². The van der Waals surface area contributed by atoms with Gasteiger partial charge >= 0.3 is 0 Å². The molecule has 0 spiro atoms. The molecule has 0 bridgehead atoms. The molecular weight excluding hydrogens is 547 g/mol. The Kier molecular flexibility index (Phi) is 9.10. The molecule has 2 saturated heterocycles. The van der Waals surface area contributed by atoms with Crippen molar-refractivity contribution in [3.05, 3.63) is 75.6 Å². The van der Waals surface area contributed by atoms with Gasteiger partial charge in [-0.05, 0) is 57.5 Å². The zero-order chi connectivity index (χ0) is 28.2. The molecule has 1 amide bonds. The lowest BCUT2D eigenvalue weighted by atomic mass is 9.93. The molecule has 8 nitrogen and oxygen atoms in total. The monoisotopic (exact) mass is 583 g/mol. The molecule has 10 heteroatoms. The van der Waals surface area contributed by atoms with E-state index in [2.05, 4.69) is 38.3 Å². The molecule has 3 aliphatic rings. The van der Waals surface area contributed by atoms with Gasteiger partial charge in [0.25, 0.3) is 0 Å². The third-order valence-electron chi connectivity index (χ3n) is 8.10. The van der Waals surface area contributed by atoms with Crippen LogP contribution in [0, 0.1) is 5.92 Å². The van der Waals surface area contributed by atoms with Crippen LogP contribution in [0.2, 0.25) is 10.0 Å². The predicted octanol–water partition coefficient (Wildman–Crippen LogP) is 3.06. The minimum atomic E-state index is -0.398. The number of aromatic nitrogens is 1. The van der Waals surface area contributed by atoms with Crippen molar-refractivity contribution in [3.63, 3.8) is 0 Å². The van der Waals surface area contributed by atoms with E-state index < -0.39 is 6.10 Å². The number of nitrogens with two attached hydrogens (primary N) is 2. The number of hydrogen-bond acceptors (Lipinski definition) is 6. The summed E-state index contributed by atoms with van der Waals surface area (Å²) in [5.41, 5.74) is 9.82. The highest BCUT2D eigenvalue weighted by Gasteiger charge is 2.30. The maximum absolute atomic E-state index is 12.9. The number of rotatable bonds is 7. The molecule has 5 rings (SSSR count). The quantitative estimate of drug-likeness (QED) is 0.341. The molecule has 2 aliphatic heterocycles. The Bertz CT molecular complexity index is 1300. The highest BCUT2D eigenvalue weighted by Crippen LogP contribution is 2.33. The predicted molar refractivity (Wildman–Crippen MR) is 160 cm³/mol. The Labute approximate surface area is 245 Å². The number of nitrogens with zero attached hydrogens (tertiary/aromatic N) is 3. The number of piperazine rings is 1. The first kappa shape index (κ1) is 28.6. The zero-order valence-electron chi connectivity index (χ0n) is 22.8. The summed E-state index contributed by atoms with van der Waals surface area (Å²) in [6.45, 7) is 7.09. The lowest BCUT2D eigenvalue weighted by molar-refractivity contribution is -0.138. The van der Waals surface area contributed by atoms with Crippen molar-refractivity contribution in [1.29, 1.82) is 0 Å². The van der Waals surface area contributed by atoms with Crippen LogP contribution in [0.5, 0.6) is 5.75 Å². The van der Waals surface area contributed by atoms with E-state index in [-0.39, 0.29) is 12.0 Å². The van der Waals surface area contributed by atoms with Crippen LogP contribution >= 0.6 is 23.2 Å². The summed E-state index contributed by atoms with van der Waals surface area (Å²) in [6, 6.07) is 5.74. The van der Waals surface area contributed by atoms with Crippen LogP contribution in [-0.2, 0) is 4.79 Å². The van der Waals surface area contributed by atoms with Crippen molar-refractivity contribution < 1.29 is 14.9 Å². The largest absolute Gasteiger partial charge is 0.486 e. The number of halogens is 2. The molecular formula is C30H37Cl2N6O2+. The van der Waals surface area contributed by atoms with Gasteiger partial charge in [-0.1, -0.05) is 41.4 Å². The second kappa shape index (κ2) is 12.7. The van der Waals surface area contributed by atoms with Crippen LogP contribution in [-0.4, -0.2) is 71.7 Å². The van der Waals surface area contributed by atoms with Gasteiger partial charge in [0, 0.05) is 67.4 Å². The summed E-state index contributed by atoms with van der Waals surface area (Å²) >= 11 is 12.6. The van der Waals surface area contributed by atoms with E-state index >= 15 is 0 Å². The third kappa shape index (κ3) is 6.36. The molecule has 40 heavy (non-hydrogen) atoms. The third-order valence-corrected chi connectivity index (χ3v) is 8.70. The standard InChI is InChI=1S/C30H36Cl2N6O2/c1-19(28-25(31)17-36-18-26(28)32)40-23-6-7-27(33)24(16-23)29(34)20-2-4-22(5-3-20)37-12-14-38(15-13-37)30(39)21-8-10-35-11-9-21/h2-4,6-7,16-19,21-22,34-35H,5,8-15,33H2,1H3/p+1/t19-,22?/m1/s1. The molecule has 212 valence electrons. The molecule has 0 radical (unpaired) electrons. The van der Waals surface area contributed by atoms with E-state index in [4.69, 9.17) is 39.1 Å². The van der Waals surface area contributed by atoms with Crippen LogP contribution in [0.3, 0.4) is 0 Å². The smallest absolute Gasteiger partial charge is 0.225 e. The molecule has 1 aliphatic carbocycles. The van der Waals surface area contributed by atoms with E-state index in [0.717, 1.165) is 69.7 Å². The number of hydrogen-bond donors (Lipinski definition) is 3. The Morgan fingerprint density at radius 3 is 2.50 bits per heavy atom. The van der Waals surface area contributed by atoms with Gasteiger partial charge in [0.15, 0.2) is 0 Å². The van der Waals surface area contributed by atoms with E-state index in [9.17, 15) is 4.79 Å². The molecule has 5 N–H and O–H groups in total. The summed E-state index contributed by atoms with van der Waals surface area (Å²) in [5.74, 6) is 1.12. The molecule has 1 aromatic carbocycles. The average molecular weight is 585 g/mol. The van der Waals surface area contributed by atoms with Gasteiger partial charge in [-0.2, -0.15) is 0 Å². The topological polar surface area (TPSA) is 109 Å². The van der Waals surface area contributed by atoms with Crippen molar-refractivity contribution >= 4 is 40.5 Å². The Hall–Kier alpha value is -2.91. The number of pyridine rings is 1. The number of allylic oxidation sites excluding steroid dienone is 2. The number of piperidine rings is 1. The summed E-state index contributed by atoms with van der Waals surface area (Å²) < 4.78 is 6.16. The summed E-state index contributed by atoms with van der Waals surface area (Å²) in [7, 11) is 0. The number of carbonyl (C=O) groups is 1. The number of nitrogen functional groups attached to an aromatic ring is 1. The van der Waals surface area contributed by atoms with Gasteiger partial charge < -0.3 is 20.7 Å². The number of ether oxygens (including phenoxy) is 1. The molecule has 2 fully saturated rings. The van der Waals surface area contributed by atoms with Crippen molar-refractivity contribution in [2.24, 2.45) is 5.92 Å². The fourth-order valence-corrected chi connectivity index (χ4v) is 6.42. The number of benzene rings is 1. The van der Waals surface area contributed by atoms with E-state index in [0.29, 0.717) is 38.7 Å². The maximum atomic E-state index is 12.9. The normalized spacial score (nSPS) is 21.1. The second-order valence-corrected chi connectivity index (χ2v) is 11.5. The first-order valence-corrected chi connectivity index (χ1v) is 14.7. The van der Waals surface area contributed by atoms with Crippen molar-refractivity contribution in [3.8, 4) is 5.75 Å². The summed E-state index contributed by atoms with van der Waals surface area (Å²) in [6.07, 6.45) is 11.9. The highest BCUT2D eigenvalue weighted by molar-refractivity contribution is 6.35. The van der Waals surface area contributed by atoms with E-state index in [1.165, 1.54) is 0 Å². The number of anilines is 1. The van der Waals surface area contributed by atoms with Crippen LogP contribution in [0.25, 0.3) is 0 Å². The van der Waals surface area contributed by atoms with Gasteiger partial charge in [0.2, 0.25) is 11.6 Å². The number of carbonyl (C=O) groups excluding carboxylic acids is 1. The van der Waals surface area contributed by atoms with Gasteiger partial charge in [-0.25, -0.2) is 0 Å². The van der Waals surface area contributed by atoms with Crippen LogP contribution in [0.15, 0.2) is 54.4 Å². The van der Waals surface area contributed by atoms with Crippen LogP contribution < -0.4 is 21.2 Å². The van der Waals surface area contributed by atoms with Gasteiger partial charge in [-0.15, -0.1) is 0 Å². The average Bonchev–Trinajstić information content (AvgIpc) is 2.98. The minimum Gasteiger partial charge on any atom is -0.486 e. The van der Waals surface area contributed by atoms with Crippen LogP contribution in [0.1, 0.15) is 43.4 Å². The second-order valence-electron chi connectivity index (χ2n) is 10.6. The molecule has 1 unspecified atom stereocenters. The van der Waals surface area contributed by atoms with E-state index in [1.54, 1.807) is 18.5 Å². The van der Waals surface area contributed by atoms with Crippen LogP contribution in [0.4, 0.5) is 5.69 Å². The Morgan fingerprint density at radius 2 is 1.85 bits per heavy atom. The summed E-state index contributed by atoms with van der Waals surface area (Å²) in [4.78, 5) is 21.4. The lowest BCUT2D eigenvalue weighted by Gasteiger charge is -2.40. The SMILES string of the molecule is C[C@@H](Oc1ccc(N)c(C(=[NH2+])C2=CCC(N3CCN(C(=O)C4CCNCC4)CC3)C=C2)c1)c1c(Cl)cncc1Cl. The van der Waals surface area contributed by atoms with Crippen molar-refractivity contribution in [2.45, 2.75) is 38.3 Å². The molecule has 0 saturated carbocycles. The lowest BCUT2D eigenvalue weighted by Crippen LogP contribution is -2.53. The first-order chi connectivity index (χ1) is 19.3. The molecule has 3 heterocycles. The fourth-order valence-electron chi connectivity index (χ4n) is 5.75. The number of amides is 1. The number of nitrogens with one attached hydrogen (secondary N) is 1. The molecule has 1 aromatic heterocycles. The fraction of sp³-hybridized carbons (Fsp3) is 0.433. The van der Waals surface area contributed by atoms with Crippen molar-refractivity contribution in [2.75, 3.05) is 45.0 Å².